The Hall–Kier alpha value is -3.15. The maximum absolute atomic E-state index is 14.0. The predicted octanol–water partition coefficient (Wildman–Crippen LogP) is 3.65. The van der Waals surface area contributed by atoms with Crippen molar-refractivity contribution in [2.75, 3.05) is 32.4 Å². The molecule has 0 spiro atoms. The Morgan fingerprint density at radius 3 is 2.19 bits per heavy atom. The van der Waals surface area contributed by atoms with Gasteiger partial charge in [-0.2, -0.15) is 0 Å². The Bertz CT molecular complexity index is 1080. The molecule has 1 aliphatic carbocycles. The molecule has 2 atom stereocenters. The molecule has 1 aliphatic heterocycles. The molecule has 5 rings (SSSR count). The largest absolute Gasteiger partial charge is 0.399 e. The van der Waals surface area contributed by atoms with Crippen molar-refractivity contribution in [1.82, 2.24) is 9.80 Å². The number of hydrogen-bond donors (Lipinski definition) is 2. The molecule has 1 saturated heterocycles. The van der Waals surface area contributed by atoms with E-state index in [2.05, 4.69) is 29.2 Å². The topological polar surface area (TPSA) is 69.8 Å². The molecular weight excluding hydrogens is 398 g/mol. The molecule has 32 heavy (non-hydrogen) atoms. The lowest BCUT2D eigenvalue weighted by Gasteiger charge is -2.34. The summed E-state index contributed by atoms with van der Waals surface area (Å²) >= 11 is 0. The fourth-order valence-electron chi connectivity index (χ4n) is 5.17. The van der Waals surface area contributed by atoms with E-state index < -0.39 is 0 Å². The molecule has 3 aromatic rings. The third-order valence-electron chi connectivity index (χ3n) is 6.90. The normalized spacial score (nSPS) is 18.9. The molecule has 3 aromatic carbocycles. The van der Waals surface area contributed by atoms with Crippen LogP contribution in [-0.2, 0) is 4.79 Å². The quantitative estimate of drug-likeness (QED) is 0.610. The minimum Gasteiger partial charge on any atom is -0.399 e. The van der Waals surface area contributed by atoms with E-state index in [0.29, 0.717) is 18.8 Å². The van der Waals surface area contributed by atoms with E-state index in [1.54, 1.807) is 0 Å². The lowest BCUT2D eigenvalue weighted by atomic mass is 9.94. The molecule has 0 saturated carbocycles. The molecule has 1 heterocycles. The van der Waals surface area contributed by atoms with Crippen molar-refractivity contribution in [2.45, 2.75) is 24.5 Å². The maximum Gasteiger partial charge on any atom is 0.234 e. The van der Waals surface area contributed by atoms with Gasteiger partial charge in [0.05, 0.1) is 18.1 Å². The number of rotatable bonds is 5. The average molecular weight is 428 g/mol. The molecule has 2 aliphatic rings. The molecule has 0 aromatic heterocycles. The van der Waals surface area contributed by atoms with E-state index in [-0.39, 0.29) is 24.0 Å². The van der Waals surface area contributed by atoms with Crippen molar-refractivity contribution in [2.24, 2.45) is 0 Å². The highest BCUT2D eigenvalue weighted by atomic mass is 16.3. The summed E-state index contributed by atoms with van der Waals surface area (Å²) in [5.74, 6) is -0.225. The first kappa shape index (κ1) is 20.7. The highest BCUT2D eigenvalue weighted by Crippen LogP contribution is 2.46. The first-order valence-corrected chi connectivity index (χ1v) is 11.2. The van der Waals surface area contributed by atoms with Crippen LogP contribution in [0.15, 0.2) is 72.8 Å². The van der Waals surface area contributed by atoms with Gasteiger partial charge in [0.1, 0.15) is 0 Å². The minimum absolute atomic E-state index is 0.0870. The van der Waals surface area contributed by atoms with Crippen LogP contribution >= 0.6 is 0 Å². The number of benzene rings is 3. The monoisotopic (exact) mass is 427 g/mol. The Balaban J connectivity index is 1.50. The molecule has 0 radical (unpaired) electrons. The summed E-state index contributed by atoms with van der Waals surface area (Å²) in [6.07, 6.45) is 0.479. The van der Waals surface area contributed by atoms with E-state index >= 15 is 0 Å². The van der Waals surface area contributed by atoms with Gasteiger partial charge in [-0.3, -0.25) is 9.69 Å². The van der Waals surface area contributed by atoms with Crippen LogP contribution in [0.2, 0.25) is 0 Å². The number of nitrogen functional groups attached to an aromatic ring is 1. The van der Waals surface area contributed by atoms with Gasteiger partial charge < -0.3 is 15.7 Å². The zero-order valence-corrected chi connectivity index (χ0v) is 18.3. The van der Waals surface area contributed by atoms with Crippen molar-refractivity contribution in [3.8, 4) is 11.1 Å². The fourth-order valence-corrected chi connectivity index (χ4v) is 5.17. The van der Waals surface area contributed by atoms with Crippen LogP contribution in [0.5, 0.6) is 0 Å². The molecular formula is C27H29N3O2. The number of carbonyl (C=O) groups is 1. The number of nitrogens with two attached hydrogens (primary N) is 1. The molecule has 5 heteroatoms. The smallest absolute Gasteiger partial charge is 0.234 e. The van der Waals surface area contributed by atoms with Crippen LogP contribution in [0.25, 0.3) is 11.1 Å². The van der Waals surface area contributed by atoms with Crippen LogP contribution in [0.3, 0.4) is 0 Å². The highest BCUT2D eigenvalue weighted by Gasteiger charge is 2.37. The minimum atomic E-state index is -0.312. The Kier molecular flexibility index (Phi) is 5.45. The van der Waals surface area contributed by atoms with E-state index in [0.717, 1.165) is 40.8 Å². The second-order valence-electron chi connectivity index (χ2n) is 8.94. The van der Waals surface area contributed by atoms with Gasteiger partial charge in [0.2, 0.25) is 5.91 Å². The third kappa shape index (κ3) is 3.68. The summed E-state index contributed by atoms with van der Waals surface area (Å²) < 4.78 is 0. The van der Waals surface area contributed by atoms with Gasteiger partial charge in [-0.25, -0.2) is 0 Å². The average Bonchev–Trinajstić information content (AvgIpc) is 3.38. The number of likely N-dealkylation sites (N-methyl/N-ethyl adjacent to an activating group) is 1. The Morgan fingerprint density at radius 2 is 1.62 bits per heavy atom. The highest BCUT2D eigenvalue weighted by molar-refractivity contribution is 5.96. The summed E-state index contributed by atoms with van der Waals surface area (Å²) in [6, 6.07) is 24.1. The number of anilines is 1. The second kappa shape index (κ2) is 8.41. The summed E-state index contributed by atoms with van der Waals surface area (Å²) in [6.45, 7) is 2.16. The first-order chi connectivity index (χ1) is 15.5. The number of likely N-dealkylation sites (tertiary alicyclic amines) is 1. The van der Waals surface area contributed by atoms with Gasteiger partial charge >= 0.3 is 0 Å². The molecule has 5 nitrogen and oxygen atoms in total. The van der Waals surface area contributed by atoms with Gasteiger partial charge in [-0.1, -0.05) is 60.7 Å². The number of amides is 1. The van der Waals surface area contributed by atoms with Gasteiger partial charge in [0, 0.05) is 32.4 Å². The predicted molar refractivity (Wildman–Crippen MR) is 127 cm³/mol. The summed E-state index contributed by atoms with van der Waals surface area (Å²) in [5, 5.41) is 10.0. The van der Waals surface area contributed by atoms with Gasteiger partial charge in [0.25, 0.3) is 0 Å². The number of nitrogens with zero attached hydrogens (tertiary/aromatic N) is 2. The lowest BCUT2D eigenvalue weighted by Crippen LogP contribution is -2.41. The van der Waals surface area contributed by atoms with Crippen LogP contribution in [-0.4, -0.2) is 53.6 Å². The van der Waals surface area contributed by atoms with E-state index in [9.17, 15) is 9.90 Å². The van der Waals surface area contributed by atoms with Gasteiger partial charge in [-0.05, 0) is 46.4 Å². The SMILES string of the molecule is CN(C(=O)C1c2ccccc2-c2ccccc21)[C@H](CN1CC[C@H](O)C1)c1ccc(N)cc1. The third-order valence-corrected chi connectivity index (χ3v) is 6.90. The van der Waals surface area contributed by atoms with E-state index in [4.69, 9.17) is 5.73 Å². The van der Waals surface area contributed by atoms with Crippen LogP contribution < -0.4 is 5.73 Å². The van der Waals surface area contributed by atoms with Crippen molar-refractivity contribution in [3.05, 3.63) is 89.5 Å². The lowest BCUT2D eigenvalue weighted by molar-refractivity contribution is -0.133. The molecule has 0 bridgehead atoms. The van der Waals surface area contributed by atoms with Crippen molar-refractivity contribution in [1.29, 1.82) is 0 Å². The zero-order chi connectivity index (χ0) is 22.2. The number of carbonyl (C=O) groups excluding carboxylic acids is 1. The van der Waals surface area contributed by atoms with Crippen molar-refractivity contribution in [3.63, 3.8) is 0 Å². The number of β-amino-alcohol motifs (C(OH)–C–C–N with tert-alkyl or cyclic N) is 1. The van der Waals surface area contributed by atoms with Crippen LogP contribution in [0.4, 0.5) is 5.69 Å². The van der Waals surface area contributed by atoms with Crippen molar-refractivity contribution < 1.29 is 9.90 Å². The fraction of sp³-hybridized carbons (Fsp3) is 0.296. The zero-order valence-electron chi connectivity index (χ0n) is 18.3. The Morgan fingerprint density at radius 1 is 1.03 bits per heavy atom. The summed E-state index contributed by atoms with van der Waals surface area (Å²) in [4.78, 5) is 18.2. The molecule has 0 unspecified atom stereocenters. The number of fused-ring (bicyclic) bond motifs is 3. The van der Waals surface area contributed by atoms with E-state index in [1.165, 1.54) is 0 Å². The molecule has 3 N–H and O–H groups in total. The number of aliphatic hydroxyl groups excluding tert-OH is 1. The van der Waals surface area contributed by atoms with Crippen LogP contribution in [0.1, 0.15) is 35.1 Å². The number of aliphatic hydroxyl groups is 1. The molecule has 1 amide bonds. The summed E-state index contributed by atoms with van der Waals surface area (Å²) in [5.41, 5.74) is 12.1. The second-order valence-corrected chi connectivity index (χ2v) is 8.94. The van der Waals surface area contributed by atoms with Gasteiger partial charge in [0.15, 0.2) is 0 Å². The first-order valence-electron chi connectivity index (χ1n) is 11.2. The van der Waals surface area contributed by atoms with Crippen molar-refractivity contribution >= 4 is 11.6 Å². The maximum atomic E-state index is 14.0. The van der Waals surface area contributed by atoms with Crippen LogP contribution in [0, 0.1) is 0 Å². The number of hydrogen-bond acceptors (Lipinski definition) is 4. The van der Waals surface area contributed by atoms with Gasteiger partial charge in [-0.15, -0.1) is 0 Å². The molecule has 164 valence electrons. The molecule has 1 fully saturated rings. The Labute approximate surface area is 189 Å². The standard InChI is InChI=1S/C27H29N3O2/c1-29(25(17-30-15-14-20(31)16-30)18-10-12-19(28)13-11-18)27(32)26-23-8-4-2-6-21(23)22-7-3-5-9-24(22)26/h2-13,20,25-26,31H,14-17,28H2,1H3/t20-,25+/m0/s1. The van der Waals surface area contributed by atoms with E-state index in [1.807, 2.05) is 60.5 Å². The summed E-state index contributed by atoms with van der Waals surface area (Å²) in [7, 11) is 1.90.